The third-order valence-corrected chi connectivity index (χ3v) is 4.17. The summed E-state index contributed by atoms with van der Waals surface area (Å²) in [7, 11) is 0. The van der Waals surface area contributed by atoms with Crippen molar-refractivity contribution in [1.29, 1.82) is 0 Å². The number of piperidine rings is 1. The molecule has 2 atom stereocenters. The third kappa shape index (κ3) is 5.24. The Morgan fingerprint density at radius 1 is 1.44 bits per heavy atom. The molecule has 0 aromatic carbocycles. The van der Waals surface area contributed by atoms with Gasteiger partial charge in [0.1, 0.15) is 0 Å². The molecule has 0 saturated carbocycles. The lowest BCUT2D eigenvalue weighted by Gasteiger charge is -2.22. The van der Waals surface area contributed by atoms with Crippen LogP contribution >= 0.6 is 11.8 Å². The number of carboxylic acids is 1. The van der Waals surface area contributed by atoms with E-state index in [0.717, 1.165) is 25.9 Å². The van der Waals surface area contributed by atoms with E-state index in [-0.39, 0.29) is 11.7 Å². The van der Waals surface area contributed by atoms with Crippen molar-refractivity contribution in [3.05, 3.63) is 0 Å². The lowest BCUT2D eigenvalue weighted by atomic mass is 10.2. The maximum Gasteiger partial charge on any atom is 0.328 e. The first-order chi connectivity index (χ1) is 8.50. The van der Waals surface area contributed by atoms with Gasteiger partial charge >= 0.3 is 5.97 Å². The molecule has 0 spiro atoms. The second kappa shape index (κ2) is 7.60. The van der Waals surface area contributed by atoms with E-state index in [9.17, 15) is 14.7 Å². The molecule has 0 aliphatic carbocycles. The van der Waals surface area contributed by atoms with Gasteiger partial charge in [-0.2, -0.15) is 0 Å². The molecule has 104 valence electrons. The Morgan fingerprint density at radius 2 is 2.06 bits per heavy atom. The van der Waals surface area contributed by atoms with Crippen molar-refractivity contribution < 1.29 is 19.8 Å². The SMILES string of the molecule is CC(O)C(NC(=O)CSC1CCNCC1)C(=O)O. The molecule has 2 unspecified atom stereocenters. The Kier molecular flexibility index (Phi) is 6.45. The van der Waals surface area contributed by atoms with Gasteiger partial charge in [-0.25, -0.2) is 4.79 Å². The zero-order valence-electron chi connectivity index (χ0n) is 10.4. The van der Waals surface area contributed by atoms with E-state index in [0.29, 0.717) is 5.25 Å². The quantitative estimate of drug-likeness (QED) is 0.518. The van der Waals surface area contributed by atoms with E-state index >= 15 is 0 Å². The van der Waals surface area contributed by atoms with Gasteiger partial charge in [0.2, 0.25) is 5.91 Å². The summed E-state index contributed by atoms with van der Waals surface area (Å²) >= 11 is 1.54. The van der Waals surface area contributed by atoms with E-state index in [1.165, 1.54) is 6.92 Å². The highest BCUT2D eigenvalue weighted by Crippen LogP contribution is 2.19. The fourth-order valence-electron chi connectivity index (χ4n) is 1.76. The zero-order valence-corrected chi connectivity index (χ0v) is 11.2. The summed E-state index contributed by atoms with van der Waals surface area (Å²) in [6.45, 7) is 3.27. The van der Waals surface area contributed by atoms with Gasteiger partial charge in [0.05, 0.1) is 11.9 Å². The number of rotatable bonds is 6. The van der Waals surface area contributed by atoms with Crippen LogP contribution in [0.1, 0.15) is 19.8 Å². The number of thioether (sulfide) groups is 1. The van der Waals surface area contributed by atoms with Crippen molar-refractivity contribution in [3.63, 3.8) is 0 Å². The predicted molar refractivity (Wildman–Crippen MR) is 69.6 cm³/mol. The monoisotopic (exact) mass is 276 g/mol. The normalized spacial score (nSPS) is 20.1. The maximum absolute atomic E-state index is 11.6. The fourth-order valence-corrected chi connectivity index (χ4v) is 2.80. The number of aliphatic hydroxyl groups excluding tert-OH is 1. The predicted octanol–water partition coefficient (Wildman–Crippen LogP) is -0.578. The zero-order chi connectivity index (χ0) is 13.5. The molecular formula is C11H20N2O4S. The Labute approximate surface area is 111 Å². The summed E-state index contributed by atoms with van der Waals surface area (Å²) < 4.78 is 0. The second-order valence-corrected chi connectivity index (χ2v) is 5.67. The average molecular weight is 276 g/mol. The minimum Gasteiger partial charge on any atom is -0.480 e. The van der Waals surface area contributed by atoms with Crippen molar-refractivity contribution >= 4 is 23.6 Å². The van der Waals surface area contributed by atoms with Crippen LogP contribution in [0.2, 0.25) is 0 Å². The number of aliphatic carboxylic acids is 1. The van der Waals surface area contributed by atoms with Crippen LogP contribution in [0, 0.1) is 0 Å². The van der Waals surface area contributed by atoms with Crippen LogP contribution in [-0.2, 0) is 9.59 Å². The van der Waals surface area contributed by atoms with E-state index in [1.54, 1.807) is 11.8 Å². The van der Waals surface area contributed by atoms with Crippen LogP contribution in [0.3, 0.4) is 0 Å². The summed E-state index contributed by atoms with van der Waals surface area (Å²) in [5.74, 6) is -1.32. The molecule has 18 heavy (non-hydrogen) atoms. The topological polar surface area (TPSA) is 98.7 Å². The van der Waals surface area contributed by atoms with Gasteiger partial charge in [-0.1, -0.05) is 0 Å². The van der Waals surface area contributed by atoms with Gasteiger partial charge in [0.25, 0.3) is 0 Å². The number of hydrogen-bond donors (Lipinski definition) is 4. The molecule has 1 rings (SSSR count). The molecule has 1 aliphatic heterocycles. The molecule has 1 heterocycles. The molecule has 1 fully saturated rings. The molecule has 6 nitrogen and oxygen atoms in total. The second-order valence-electron chi connectivity index (χ2n) is 4.38. The minimum atomic E-state index is -1.23. The first-order valence-electron chi connectivity index (χ1n) is 6.03. The average Bonchev–Trinajstić information content (AvgIpc) is 2.34. The van der Waals surface area contributed by atoms with E-state index in [4.69, 9.17) is 5.11 Å². The molecule has 1 aliphatic rings. The molecule has 0 aromatic rings. The van der Waals surface area contributed by atoms with Crippen molar-refractivity contribution in [1.82, 2.24) is 10.6 Å². The number of carbonyl (C=O) groups excluding carboxylic acids is 1. The van der Waals surface area contributed by atoms with Crippen LogP contribution in [0.4, 0.5) is 0 Å². The molecule has 1 amide bonds. The van der Waals surface area contributed by atoms with Gasteiger partial charge < -0.3 is 20.8 Å². The number of carbonyl (C=O) groups is 2. The van der Waals surface area contributed by atoms with E-state index in [1.807, 2.05) is 0 Å². The van der Waals surface area contributed by atoms with Crippen LogP contribution in [-0.4, -0.2) is 58.3 Å². The van der Waals surface area contributed by atoms with Crippen LogP contribution in [0.25, 0.3) is 0 Å². The van der Waals surface area contributed by atoms with Gasteiger partial charge in [-0.15, -0.1) is 11.8 Å². The minimum absolute atomic E-state index is 0.237. The lowest BCUT2D eigenvalue weighted by molar-refractivity contribution is -0.144. The van der Waals surface area contributed by atoms with Gasteiger partial charge in [-0.05, 0) is 32.9 Å². The molecule has 1 saturated heterocycles. The number of aliphatic hydroxyl groups is 1. The number of amides is 1. The maximum atomic E-state index is 11.6. The molecule has 0 radical (unpaired) electrons. The summed E-state index contributed by atoms with van der Waals surface area (Å²) in [6, 6.07) is -1.23. The van der Waals surface area contributed by atoms with Gasteiger partial charge in [-0.3, -0.25) is 4.79 Å². The highest BCUT2D eigenvalue weighted by Gasteiger charge is 2.25. The van der Waals surface area contributed by atoms with Gasteiger partial charge in [0, 0.05) is 5.25 Å². The Hall–Kier alpha value is -0.790. The van der Waals surface area contributed by atoms with Crippen LogP contribution in [0.5, 0.6) is 0 Å². The van der Waals surface area contributed by atoms with Crippen molar-refractivity contribution in [2.24, 2.45) is 0 Å². The summed E-state index contributed by atoms with van der Waals surface area (Å²) in [5.41, 5.74) is 0. The summed E-state index contributed by atoms with van der Waals surface area (Å²) in [5, 5.41) is 24.1. The summed E-state index contributed by atoms with van der Waals surface area (Å²) in [4.78, 5) is 22.4. The van der Waals surface area contributed by atoms with Gasteiger partial charge in [0.15, 0.2) is 6.04 Å². The Balaban J connectivity index is 2.29. The first-order valence-corrected chi connectivity index (χ1v) is 7.08. The number of hydrogen-bond acceptors (Lipinski definition) is 5. The highest BCUT2D eigenvalue weighted by molar-refractivity contribution is 8.00. The Morgan fingerprint density at radius 3 is 2.56 bits per heavy atom. The molecule has 4 N–H and O–H groups in total. The highest BCUT2D eigenvalue weighted by atomic mass is 32.2. The van der Waals surface area contributed by atoms with Crippen molar-refractivity contribution in [3.8, 4) is 0 Å². The molecule has 7 heteroatoms. The van der Waals surface area contributed by atoms with E-state index in [2.05, 4.69) is 10.6 Å². The van der Waals surface area contributed by atoms with Crippen molar-refractivity contribution in [2.45, 2.75) is 37.2 Å². The fraction of sp³-hybridized carbons (Fsp3) is 0.818. The third-order valence-electron chi connectivity index (χ3n) is 2.80. The first kappa shape index (κ1) is 15.3. The smallest absolute Gasteiger partial charge is 0.328 e. The Bertz CT molecular complexity index is 293. The molecular weight excluding hydrogens is 256 g/mol. The molecule has 0 aromatic heterocycles. The number of carboxylic acid groups (broad SMARTS) is 1. The number of nitrogens with one attached hydrogen (secondary N) is 2. The molecule has 0 bridgehead atoms. The summed E-state index contributed by atoms with van der Waals surface area (Å²) in [6.07, 6.45) is 0.947. The van der Waals surface area contributed by atoms with Crippen LogP contribution in [0.15, 0.2) is 0 Å². The van der Waals surface area contributed by atoms with Crippen LogP contribution < -0.4 is 10.6 Å². The standard InChI is InChI=1S/C11H20N2O4S/c1-7(14)10(11(16)17)13-9(15)6-18-8-2-4-12-5-3-8/h7-8,10,12,14H,2-6H2,1H3,(H,13,15)(H,16,17). The lowest BCUT2D eigenvalue weighted by Crippen LogP contribution is -2.48. The largest absolute Gasteiger partial charge is 0.480 e. The van der Waals surface area contributed by atoms with E-state index < -0.39 is 18.1 Å². The van der Waals surface area contributed by atoms with Crippen molar-refractivity contribution in [2.75, 3.05) is 18.8 Å².